The molecule has 0 radical (unpaired) electrons. The number of nitrogens with zero attached hydrogens (tertiary/aromatic N) is 6. The fourth-order valence-electron chi connectivity index (χ4n) is 7.72. The summed E-state index contributed by atoms with van der Waals surface area (Å²) in [5, 5.41) is 7.07. The smallest absolute Gasteiger partial charge is 0.283 e. The van der Waals surface area contributed by atoms with E-state index in [1.165, 1.54) is 12.1 Å². The van der Waals surface area contributed by atoms with Crippen molar-refractivity contribution in [1.29, 1.82) is 0 Å². The number of pyridine rings is 1. The maximum Gasteiger partial charge on any atom is 0.283 e. The number of thioether (sulfide) groups is 1. The zero-order valence-corrected chi connectivity index (χ0v) is 36.5. The average molecular weight is 895 g/mol. The second-order valence-electron chi connectivity index (χ2n) is 15.3. The Bertz CT molecular complexity index is 2780. The maximum atomic E-state index is 13.7. The molecule has 62 heavy (non-hydrogen) atoms. The molecule has 18 heteroatoms. The van der Waals surface area contributed by atoms with Gasteiger partial charge in [0.05, 0.1) is 29.2 Å². The lowest BCUT2D eigenvalue weighted by Gasteiger charge is -2.31. The van der Waals surface area contributed by atoms with Crippen molar-refractivity contribution in [3.8, 4) is 0 Å². The second-order valence-corrected chi connectivity index (χ2v) is 20.1. The number of carbonyl (C=O) groups excluding carboxylic acids is 2. The van der Waals surface area contributed by atoms with E-state index in [-0.39, 0.29) is 27.3 Å². The van der Waals surface area contributed by atoms with Crippen LogP contribution in [-0.4, -0.2) is 105 Å². The number of ether oxygens (including phenoxy) is 1. The highest BCUT2D eigenvalue weighted by Gasteiger charge is 2.27. The number of rotatable bonds is 15. The number of nitrogens with one attached hydrogen (secondary N) is 2. The maximum absolute atomic E-state index is 13.7. The SMILES string of the molecule is CS(=O)(=O)c1cc(S(=O)(=O)NC(=O)c2cccc(N3CCc4cccc(C(=O)Nc5cn6ncccc6n5)c4C3)n2)ccc1C[C@H](CCN1CCOCC1)CSc1ccccc1. The lowest BCUT2D eigenvalue weighted by atomic mass is 9.94. The molecule has 3 aromatic carbocycles. The van der Waals surface area contributed by atoms with Gasteiger partial charge in [-0.15, -0.1) is 11.8 Å². The predicted molar refractivity (Wildman–Crippen MR) is 237 cm³/mol. The first-order chi connectivity index (χ1) is 29.9. The Morgan fingerprint density at radius 1 is 0.871 bits per heavy atom. The number of hydrogen-bond acceptors (Lipinski definition) is 13. The van der Waals surface area contributed by atoms with E-state index in [4.69, 9.17) is 4.74 Å². The van der Waals surface area contributed by atoms with E-state index in [1.807, 2.05) is 47.4 Å². The molecule has 0 saturated carbocycles. The van der Waals surface area contributed by atoms with Crippen LogP contribution in [0.2, 0.25) is 0 Å². The number of sulfonamides is 1. The minimum atomic E-state index is -4.53. The van der Waals surface area contributed by atoms with Crippen LogP contribution in [0, 0.1) is 5.92 Å². The molecule has 2 aliphatic rings. The molecule has 1 fully saturated rings. The number of aromatic nitrogens is 4. The first-order valence-electron chi connectivity index (χ1n) is 20.2. The van der Waals surface area contributed by atoms with E-state index in [9.17, 15) is 26.4 Å². The van der Waals surface area contributed by atoms with E-state index < -0.39 is 25.8 Å². The largest absolute Gasteiger partial charge is 0.379 e. The minimum absolute atomic E-state index is 0.0853. The molecular weight excluding hydrogens is 849 g/mol. The van der Waals surface area contributed by atoms with Crippen molar-refractivity contribution in [3.05, 3.63) is 137 Å². The fraction of sp³-hybridized carbons (Fsp3) is 0.295. The van der Waals surface area contributed by atoms with Gasteiger partial charge in [0.2, 0.25) is 0 Å². The zero-order valence-electron chi connectivity index (χ0n) is 34.0. The highest BCUT2D eigenvalue weighted by molar-refractivity contribution is 7.99. The third kappa shape index (κ3) is 10.3. The number of sulfone groups is 1. The molecule has 1 atom stereocenters. The van der Waals surface area contributed by atoms with Gasteiger partial charge in [0.1, 0.15) is 11.5 Å². The van der Waals surface area contributed by atoms with E-state index in [0.717, 1.165) is 60.2 Å². The fourth-order valence-corrected chi connectivity index (χ4v) is 10.8. The quantitative estimate of drug-likeness (QED) is 0.129. The Labute approximate surface area is 364 Å². The van der Waals surface area contributed by atoms with Crippen LogP contribution in [0.25, 0.3) is 5.65 Å². The summed E-state index contributed by atoms with van der Waals surface area (Å²) in [6.45, 7) is 4.70. The molecular formula is C44H46N8O7S3. The Kier molecular flexibility index (Phi) is 13.0. The summed E-state index contributed by atoms with van der Waals surface area (Å²) < 4.78 is 63.1. The number of fused-ring (bicyclic) bond motifs is 2. The minimum Gasteiger partial charge on any atom is -0.379 e. The molecule has 2 amide bonds. The average Bonchev–Trinajstić information content (AvgIpc) is 3.69. The van der Waals surface area contributed by atoms with Gasteiger partial charge in [-0.3, -0.25) is 14.5 Å². The summed E-state index contributed by atoms with van der Waals surface area (Å²) >= 11 is 1.70. The van der Waals surface area contributed by atoms with Crippen molar-refractivity contribution in [2.45, 2.75) is 40.5 Å². The number of imidazole rings is 1. The molecule has 0 aliphatic carbocycles. The molecule has 322 valence electrons. The molecule has 0 spiro atoms. The highest BCUT2D eigenvalue weighted by atomic mass is 32.2. The van der Waals surface area contributed by atoms with Crippen LogP contribution in [0.4, 0.5) is 11.6 Å². The summed E-state index contributed by atoms with van der Waals surface area (Å²) in [7, 11) is -8.40. The normalized spacial score (nSPS) is 15.2. The van der Waals surface area contributed by atoms with Crippen LogP contribution in [-0.2, 0) is 44.0 Å². The molecule has 5 heterocycles. The van der Waals surface area contributed by atoms with Crippen LogP contribution in [0.15, 0.2) is 124 Å². The number of morpholine rings is 1. The van der Waals surface area contributed by atoms with Crippen molar-refractivity contribution >= 4 is 60.7 Å². The first kappa shape index (κ1) is 43.0. The summed E-state index contributed by atoms with van der Waals surface area (Å²) in [6.07, 6.45) is 6.15. The zero-order chi connectivity index (χ0) is 43.3. The van der Waals surface area contributed by atoms with Gasteiger partial charge >= 0.3 is 0 Å². The van der Waals surface area contributed by atoms with Gasteiger partial charge in [-0.2, -0.15) is 5.10 Å². The molecule has 8 rings (SSSR count). The van der Waals surface area contributed by atoms with E-state index in [2.05, 4.69) is 30.0 Å². The Hall–Kier alpha value is -5.66. The molecule has 2 N–H and O–H groups in total. The van der Waals surface area contributed by atoms with Crippen molar-refractivity contribution < 1.29 is 31.2 Å². The van der Waals surface area contributed by atoms with Crippen molar-refractivity contribution in [2.24, 2.45) is 5.92 Å². The number of amides is 2. The topological polar surface area (TPSA) is 185 Å². The second kappa shape index (κ2) is 18.8. The predicted octanol–water partition coefficient (Wildman–Crippen LogP) is 5.13. The molecule has 0 bridgehead atoms. The van der Waals surface area contributed by atoms with Crippen molar-refractivity contribution in [2.75, 3.05) is 61.6 Å². The molecule has 6 aromatic rings. The van der Waals surface area contributed by atoms with Gasteiger partial charge in [0.25, 0.3) is 21.8 Å². The highest BCUT2D eigenvalue weighted by Crippen LogP contribution is 2.30. The lowest BCUT2D eigenvalue weighted by Crippen LogP contribution is -2.37. The first-order valence-corrected chi connectivity index (χ1v) is 24.6. The molecule has 3 aromatic heterocycles. The summed E-state index contributed by atoms with van der Waals surface area (Å²) in [6, 6.07) is 27.9. The number of carbonyl (C=O) groups is 2. The van der Waals surface area contributed by atoms with Gasteiger partial charge in [-0.05, 0) is 103 Å². The van der Waals surface area contributed by atoms with Gasteiger partial charge in [0.15, 0.2) is 21.3 Å². The third-order valence-corrected chi connectivity index (χ3v) is 14.7. The lowest BCUT2D eigenvalue weighted by molar-refractivity contribution is 0.0357. The van der Waals surface area contributed by atoms with Crippen LogP contribution >= 0.6 is 11.8 Å². The standard InChI is InChI=1S/C44H46N8O7S3/c1-61(55,56)39-27-35(16-15-33(39)26-31(17-20-50-22-24-59-25-23-50)30-60-34-9-3-2-4-10-34)62(57,58)49-44(54)38-12-6-13-41(46-38)51-21-18-32-8-5-11-36(37(32)28-51)43(53)48-40-29-52-42(47-40)14-7-19-45-52/h2-16,19,27,29,31H,17-18,20-26,28,30H2,1H3,(H,48,53)(H,49,54)/t31-/m0/s1. The Balaban J connectivity index is 0.965. The van der Waals surface area contributed by atoms with Crippen LogP contribution in [0.1, 0.15) is 44.0 Å². The van der Waals surface area contributed by atoms with Crippen molar-refractivity contribution in [1.82, 2.24) is 29.2 Å². The van der Waals surface area contributed by atoms with Crippen LogP contribution < -0.4 is 14.9 Å². The van der Waals surface area contributed by atoms with Gasteiger partial charge in [-0.25, -0.2) is 36.0 Å². The van der Waals surface area contributed by atoms with E-state index in [0.29, 0.717) is 67.6 Å². The van der Waals surface area contributed by atoms with Crippen LogP contribution in [0.5, 0.6) is 0 Å². The number of anilines is 2. The van der Waals surface area contributed by atoms with E-state index in [1.54, 1.807) is 65.1 Å². The van der Waals surface area contributed by atoms with Gasteiger partial charge in [-0.1, -0.05) is 42.5 Å². The summed E-state index contributed by atoms with van der Waals surface area (Å²) in [5.41, 5.74) is 3.21. The Morgan fingerprint density at radius 2 is 1.68 bits per heavy atom. The molecule has 15 nitrogen and oxygen atoms in total. The van der Waals surface area contributed by atoms with Crippen molar-refractivity contribution in [3.63, 3.8) is 0 Å². The number of benzene rings is 3. The molecule has 0 unspecified atom stereocenters. The van der Waals surface area contributed by atoms with E-state index >= 15 is 0 Å². The monoisotopic (exact) mass is 894 g/mol. The summed E-state index contributed by atoms with van der Waals surface area (Å²) in [5.74, 6) is 0.285. The Morgan fingerprint density at radius 3 is 2.47 bits per heavy atom. The third-order valence-electron chi connectivity index (χ3n) is 11.0. The summed E-state index contributed by atoms with van der Waals surface area (Å²) in [4.78, 5) is 41.0. The van der Waals surface area contributed by atoms with Crippen LogP contribution in [0.3, 0.4) is 0 Å². The van der Waals surface area contributed by atoms with Gasteiger partial charge in [0, 0.05) is 54.8 Å². The number of hydrogen-bond donors (Lipinski definition) is 2. The molecule has 2 aliphatic heterocycles. The molecule has 1 saturated heterocycles. The van der Waals surface area contributed by atoms with Gasteiger partial charge < -0.3 is 15.0 Å².